The van der Waals surface area contributed by atoms with Gasteiger partial charge in [-0.05, 0) is 29.7 Å². The van der Waals surface area contributed by atoms with Gasteiger partial charge < -0.3 is 14.4 Å². The Morgan fingerprint density at radius 2 is 1.96 bits per heavy atom. The quantitative estimate of drug-likeness (QED) is 0.636. The van der Waals surface area contributed by atoms with E-state index >= 15 is 0 Å². The van der Waals surface area contributed by atoms with Gasteiger partial charge >= 0.3 is 0 Å². The second kappa shape index (κ2) is 7.61. The van der Waals surface area contributed by atoms with Crippen LogP contribution in [-0.2, 0) is 24.2 Å². The maximum absolute atomic E-state index is 11.1. The summed E-state index contributed by atoms with van der Waals surface area (Å²) in [5, 5.41) is 0.884. The summed E-state index contributed by atoms with van der Waals surface area (Å²) in [5.74, 6) is 2.07. The monoisotopic (exact) mass is 400 g/mol. The molecule has 9 heteroatoms. The van der Waals surface area contributed by atoms with Crippen molar-refractivity contribution in [3.05, 3.63) is 47.8 Å². The van der Waals surface area contributed by atoms with Crippen LogP contribution in [0, 0.1) is 0 Å². The summed E-state index contributed by atoms with van der Waals surface area (Å²) >= 11 is -2.09. The third kappa shape index (κ3) is 3.34. The Morgan fingerprint density at radius 1 is 1.18 bits per heavy atom. The molecule has 0 saturated heterocycles. The van der Waals surface area contributed by atoms with E-state index in [-0.39, 0.29) is 0 Å². The van der Waals surface area contributed by atoms with E-state index in [1.165, 1.54) is 0 Å². The van der Waals surface area contributed by atoms with Crippen molar-refractivity contribution >= 4 is 33.7 Å². The van der Waals surface area contributed by atoms with Crippen LogP contribution in [0.2, 0.25) is 0 Å². The Balaban J connectivity index is 1.73. The highest BCUT2D eigenvalue weighted by atomic mass is 32.2. The molecule has 2 aromatic carbocycles. The second-order valence-corrected chi connectivity index (χ2v) is 7.09. The summed E-state index contributed by atoms with van der Waals surface area (Å²) in [6, 6.07) is 9.46. The maximum Gasteiger partial charge on any atom is 0.259 e. The van der Waals surface area contributed by atoms with Crippen LogP contribution in [0.3, 0.4) is 0 Å². The van der Waals surface area contributed by atoms with Gasteiger partial charge in [-0.25, -0.2) is 14.2 Å². The van der Waals surface area contributed by atoms with Crippen LogP contribution in [0.25, 0.3) is 10.9 Å². The molecule has 0 bridgehead atoms. The fourth-order valence-electron chi connectivity index (χ4n) is 3.60. The van der Waals surface area contributed by atoms with E-state index in [1.807, 2.05) is 30.3 Å². The molecule has 146 valence electrons. The van der Waals surface area contributed by atoms with E-state index < -0.39 is 11.3 Å². The molecule has 1 atom stereocenters. The number of fused-ring (bicyclic) bond motifs is 2. The van der Waals surface area contributed by atoms with Crippen molar-refractivity contribution in [3.63, 3.8) is 0 Å². The summed E-state index contributed by atoms with van der Waals surface area (Å²) in [7, 11) is 3.20. The highest BCUT2D eigenvalue weighted by molar-refractivity contribution is 7.80. The van der Waals surface area contributed by atoms with Crippen molar-refractivity contribution < 1.29 is 18.2 Å². The number of benzene rings is 2. The Morgan fingerprint density at radius 3 is 2.71 bits per heavy atom. The van der Waals surface area contributed by atoms with Crippen LogP contribution in [0.15, 0.2) is 36.7 Å². The molecule has 0 fully saturated rings. The van der Waals surface area contributed by atoms with Crippen LogP contribution in [0.4, 0.5) is 11.5 Å². The van der Waals surface area contributed by atoms with Crippen LogP contribution in [0.1, 0.15) is 11.1 Å². The van der Waals surface area contributed by atoms with Gasteiger partial charge in [0.05, 0.1) is 25.4 Å². The van der Waals surface area contributed by atoms with Crippen molar-refractivity contribution in [2.24, 2.45) is 0 Å². The molecule has 4 rings (SSSR count). The molecule has 1 aromatic heterocycles. The lowest BCUT2D eigenvalue weighted by Crippen LogP contribution is -2.31. The van der Waals surface area contributed by atoms with Crippen molar-refractivity contribution in [2.75, 3.05) is 30.4 Å². The first-order valence-electron chi connectivity index (χ1n) is 8.70. The molecule has 2 heterocycles. The smallest absolute Gasteiger partial charge is 0.259 e. The second-order valence-electron chi connectivity index (χ2n) is 6.39. The third-order valence-electron chi connectivity index (χ3n) is 4.88. The molecule has 0 spiro atoms. The molecule has 1 aliphatic heterocycles. The zero-order valence-electron chi connectivity index (χ0n) is 15.5. The Bertz CT molecular complexity index is 1060. The molecule has 0 aliphatic carbocycles. The van der Waals surface area contributed by atoms with Gasteiger partial charge in [0.1, 0.15) is 12.1 Å². The molecule has 2 N–H and O–H groups in total. The summed E-state index contributed by atoms with van der Waals surface area (Å²) in [4.78, 5) is 11.1. The van der Waals surface area contributed by atoms with Crippen molar-refractivity contribution in [3.8, 4) is 11.5 Å². The van der Waals surface area contributed by atoms with Crippen molar-refractivity contribution in [1.29, 1.82) is 0 Å². The average Bonchev–Trinajstić information content (AvgIpc) is 2.71. The molecule has 3 aromatic rings. The van der Waals surface area contributed by atoms with Crippen LogP contribution in [-0.4, -0.2) is 39.5 Å². The number of aromatic nitrogens is 2. The first-order valence-corrected chi connectivity index (χ1v) is 9.81. The molecule has 1 unspecified atom stereocenters. The van der Waals surface area contributed by atoms with Gasteiger partial charge in [0, 0.05) is 24.5 Å². The molecule has 28 heavy (non-hydrogen) atoms. The zero-order chi connectivity index (χ0) is 19.7. The first-order chi connectivity index (χ1) is 13.6. The maximum atomic E-state index is 11.1. The van der Waals surface area contributed by atoms with Gasteiger partial charge in [-0.3, -0.25) is 9.27 Å². The topological polar surface area (TPSA) is 96.8 Å². The van der Waals surface area contributed by atoms with Gasteiger partial charge in [-0.15, -0.1) is 0 Å². The molecule has 8 nitrogen and oxygen atoms in total. The Kier molecular flexibility index (Phi) is 5.01. The molecular formula is C19H20N4O4S. The normalized spacial score (nSPS) is 14.5. The van der Waals surface area contributed by atoms with Gasteiger partial charge in [0.25, 0.3) is 11.3 Å². The highest BCUT2D eigenvalue weighted by Crippen LogP contribution is 2.36. The molecule has 0 radical (unpaired) electrons. The number of ether oxygens (including phenoxy) is 2. The van der Waals surface area contributed by atoms with E-state index in [0.717, 1.165) is 40.8 Å². The van der Waals surface area contributed by atoms with Crippen LogP contribution < -0.4 is 19.1 Å². The fraction of sp³-hybridized carbons (Fsp3) is 0.263. The Hall–Kier alpha value is -2.91. The van der Waals surface area contributed by atoms with Gasteiger partial charge in [-0.2, -0.15) is 0 Å². The summed E-state index contributed by atoms with van der Waals surface area (Å²) < 4.78 is 33.7. The predicted molar refractivity (Wildman–Crippen MR) is 108 cm³/mol. The minimum Gasteiger partial charge on any atom is -0.493 e. The lowest BCUT2D eigenvalue weighted by molar-refractivity contribution is 0.356. The number of nitrogens with one attached hydrogen (secondary N) is 1. The fourth-order valence-corrected chi connectivity index (χ4v) is 3.98. The van der Waals surface area contributed by atoms with E-state index in [2.05, 4.69) is 19.6 Å². The van der Waals surface area contributed by atoms with Gasteiger partial charge in [-0.1, -0.05) is 12.1 Å². The minimum atomic E-state index is -2.09. The summed E-state index contributed by atoms with van der Waals surface area (Å²) in [6.07, 6.45) is 2.28. The highest BCUT2D eigenvalue weighted by Gasteiger charge is 2.22. The molecule has 1 aliphatic rings. The lowest BCUT2D eigenvalue weighted by Gasteiger charge is -2.31. The predicted octanol–water partition coefficient (Wildman–Crippen LogP) is 2.76. The number of rotatable bonds is 5. The van der Waals surface area contributed by atoms with Crippen LogP contribution >= 0.6 is 0 Å². The summed E-state index contributed by atoms with van der Waals surface area (Å²) in [5.41, 5.74) is 3.61. The number of hydrogen-bond donors (Lipinski definition) is 2. The summed E-state index contributed by atoms with van der Waals surface area (Å²) in [6.45, 7) is 1.37. The molecular weight excluding hydrogens is 380 g/mol. The number of anilines is 2. The van der Waals surface area contributed by atoms with E-state index in [9.17, 15) is 4.21 Å². The standard InChI is InChI=1S/C19H20N4O4S/c1-26-17-8-14-16(9-18(17)27-2)20-11-21-19(14)23-7-6-13-12(10-23)4-3-5-15(13)22-28(24)25/h3-5,8-9,11,22H,6-7,10H2,1-2H3,(H,24,25). The average molecular weight is 400 g/mol. The zero-order valence-corrected chi connectivity index (χ0v) is 16.3. The van der Waals surface area contributed by atoms with Crippen molar-refractivity contribution in [1.82, 2.24) is 9.97 Å². The number of nitrogens with zero attached hydrogens (tertiary/aromatic N) is 3. The minimum absolute atomic E-state index is 0.622. The first kappa shape index (κ1) is 18.5. The van der Waals surface area contributed by atoms with Crippen LogP contribution in [0.5, 0.6) is 11.5 Å². The van der Waals surface area contributed by atoms with E-state index in [1.54, 1.807) is 20.5 Å². The Labute approximate surface area is 164 Å². The third-order valence-corrected chi connectivity index (χ3v) is 5.28. The largest absolute Gasteiger partial charge is 0.493 e. The lowest BCUT2D eigenvalue weighted by atomic mass is 9.98. The molecule has 0 amide bonds. The number of hydrogen-bond acceptors (Lipinski definition) is 6. The van der Waals surface area contributed by atoms with E-state index in [0.29, 0.717) is 23.7 Å². The molecule has 0 saturated carbocycles. The van der Waals surface area contributed by atoms with Crippen molar-refractivity contribution in [2.45, 2.75) is 13.0 Å². The van der Waals surface area contributed by atoms with E-state index in [4.69, 9.17) is 14.0 Å². The SMILES string of the molecule is COc1cc2ncnc(N3CCc4c(cccc4NS(=O)O)C3)c2cc1OC. The number of methoxy groups -OCH3 is 2. The van der Waals surface area contributed by atoms with Gasteiger partial charge in [0.2, 0.25) is 0 Å². The van der Waals surface area contributed by atoms with Gasteiger partial charge in [0.15, 0.2) is 11.5 Å².